The van der Waals surface area contributed by atoms with E-state index in [-0.39, 0.29) is 5.91 Å². The SMILES string of the molecule is CSCCCN1C(=O)CNCc2ccccc21. The minimum Gasteiger partial charge on any atom is -0.311 e. The number of nitrogens with zero attached hydrogens (tertiary/aromatic N) is 1. The van der Waals surface area contributed by atoms with Crippen molar-refractivity contribution in [3.63, 3.8) is 0 Å². The van der Waals surface area contributed by atoms with Crippen LogP contribution >= 0.6 is 11.8 Å². The molecule has 1 heterocycles. The number of nitrogens with one attached hydrogen (secondary N) is 1. The first-order valence-electron chi connectivity index (χ1n) is 5.91. The number of hydrogen-bond donors (Lipinski definition) is 1. The summed E-state index contributed by atoms with van der Waals surface area (Å²) < 4.78 is 0. The summed E-state index contributed by atoms with van der Waals surface area (Å²) in [4.78, 5) is 14.0. The molecule has 17 heavy (non-hydrogen) atoms. The van der Waals surface area contributed by atoms with Crippen LogP contribution in [0.15, 0.2) is 24.3 Å². The van der Waals surface area contributed by atoms with Gasteiger partial charge in [0.15, 0.2) is 0 Å². The Morgan fingerprint density at radius 3 is 3.00 bits per heavy atom. The minimum atomic E-state index is 0.177. The van der Waals surface area contributed by atoms with E-state index in [0.717, 1.165) is 31.0 Å². The van der Waals surface area contributed by atoms with Gasteiger partial charge in [-0.05, 0) is 30.1 Å². The van der Waals surface area contributed by atoms with Gasteiger partial charge in [0.05, 0.1) is 6.54 Å². The van der Waals surface area contributed by atoms with E-state index >= 15 is 0 Å². The smallest absolute Gasteiger partial charge is 0.240 e. The summed E-state index contributed by atoms with van der Waals surface area (Å²) in [7, 11) is 0. The molecule has 92 valence electrons. The molecule has 3 nitrogen and oxygen atoms in total. The molecule has 0 radical (unpaired) electrons. The van der Waals surface area contributed by atoms with E-state index in [1.165, 1.54) is 5.56 Å². The molecular formula is C13H18N2OS. The van der Waals surface area contributed by atoms with Crippen molar-refractivity contribution in [1.29, 1.82) is 0 Å². The van der Waals surface area contributed by atoms with Crippen LogP contribution in [0.3, 0.4) is 0 Å². The zero-order valence-corrected chi connectivity index (χ0v) is 10.9. The number of benzene rings is 1. The molecule has 1 aliphatic heterocycles. The summed E-state index contributed by atoms with van der Waals surface area (Å²) in [5.41, 5.74) is 2.28. The van der Waals surface area contributed by atoms with Crippen molar-refractivity contribution in [2.45, 2.75) is 13.0 Å². The fraction of sp³-hybridized carbons (Fsp3) is 0.462. The molecule has 1 aliphatic rings. The van der Waals surface area contributed by atoms with Crippen LogP contribution in [0.1, 0.15) is 12.0 Å². The molecular weight excluding hydrogens is 232 g/mol. The molecule has 2 rings (SSSR count). The molecule has 0 aliphatic carbocycles. The van der Waals surface area contributed by atoms with Crippen molar-refractivity contribution in [2.24, 2.45) is 0 Å². The van der Waals surface area contributed by atoms with Crippen LogP contribution in [0.5, 0.6) is 0 Å². The highest BCUT2D eigenvalue weighted by atomic mass is 32.2. The first-order valence-corrected chi connectivity index (χ1v) is 7.30. The zero-order chi connectivity index (χ0) is 12.1. The van der Waals surface area contributed by atoms with Crippen molar-refractivity contribution in [2.75, 3.05) is 30.0 Å². The zero-order valence-electron chi connectivity index (χ0n) is 10.1. The quantitative estimate of drug-likeness (QED) is 0.828. The predicted molar refractivity (Wildman–Crippen MR) is 73.5 cm³/mol. The number of fused-ring (bicyclic) bond motifs is 1. The number of carbonyl (C=O) groups is 1. The van der Waals surface area contributed by atoms with Crippen molar-refractivity contribution in [1.82, 2.24) is 5.32 Å². The highest BCUT2D eigenvalue weighted by Gasteiger charge is 2.20. The Bertz CT molecular complexity index is 395. The summed E-state index contributed by atoms with van der Waals surface area (Å²) in [6.45, 7) is 2.03. The van der Waals surface area contributed by atoms with Crippen LogP contribution in [0.25, 0.3) is 0 Å². The van der Waals surface area contributed by atoms with E-state index in [1.807, 2.05) is 34.9 Å². The van der Waals surface area contributed by atoms with Crippen LogP contribution in [-0.4, -0.2) is 31.0 Å². The van der Waals surface area contributed by atoms with Crippen LogP contribution in [-0.2, 0) is 11.3 Å². The molecule has 0 atom stereocenters. The van der Waals surface area contributed by atoms with Crippen molar-refractivity contribution in [3.05, 3.63) is 29.8 Å². The van der Waals surface area contributed by atoms with Crippen LogP contribution in [0.2, 0.25) is 0 Å². The largest absolute Gasteiger partial charge is 0.311 e. The lowest BCUT2D eigenvalue weighted by atomic mass is 10.1. The van der Waals surface area contributed by atoms with Gasteiger partial charge in [0.1, 0.15) is 0 Å². The summed E-state index contributed by atoms with van der Waals surface area (Å²) in [5, 5.41) is 3.18. The maximum Gasteiger partial charge on any atom is 0.240 e. The fourth-order valence-corrected chi connectivity index (χ4v) is 2.49. The molecule has 0 aromatic heterocycles. The van der Waals surface area contributed by atoms with E-state index in [9.17, 15) is 4.79 Å². The molecule has 0 fully saturated rings. The Morgan fingerprint density at radius 1 is 1.35 bits per heavy atom. The van der Waals surface area contributed by atoms with E-state index in [2.05, 4.69) is 17.6 Å². The topological polar surface area (TPSA) is 32.3 Å². The second kappa shape index (κ2) is 6.07. The third-order valence-corrected chi connectivity index (χ3v) is 3.60. The summed E-state index contributed by atoms with van der Waals surface area (Å²) in [5.74, 6) is 1.27. The minimum absolute atomic E-state index is 0.177. The molecule has 0 saturated heterocycles. The van der Waals surface area contributed by atoms with E-state index in [1.54, 1.807) is 0 Å². The standard InChI is InChI=1S/C13H18N2OS/c1-17-8-4-7-15-12-6-3-2-5-11(12)9-14-10-13(15)16/h2-3,5-6,14H,4,7-10H2,1H3. The van der Waals surface area contributed by atoms with E-state index < -0.39 is 0 Å². The van der Waals surface area contributed by atoms with Gasteiger partial charge in [0.25, 0.3) is 0 Å². The van der Waals surface area contributed by atoms with Crippen LogP contribution in [0.4, 0.5) is 5.69 Å². The average Bonchev–Trinajstić information content (AvgIpc) is 2.50. The van der Waals surface area contributed by atoms with E-state index in [0.29, 0.717) is 6.54 Å². The second-order valence-corrected chi connectivity index (χ2v) is 5.11. The van der Waals surface area contributed by atoms with Gasteiger partial charge in [-0.3, -0.25) is 4.79 Å². The van der Waals surface area contributed by atoms with Gasteiger partial charge >= 0.3 is 0 Å². The summed E-state index contributed by atoms with van der Waals surface area (Å²) in [6.07, 6.45) is 3.14. The molecule has 1 aromatic carbocycles. The molecule has 1 amide bonds. The number of thioether (sulfide) groups is 1. The van der Waals surface area contributed by atoms with Gasteiger partial charge in [-0.15, -0.1) is 0 Å². The first kappa shape index (κ1) is 12.5. The lowest BCUT2D eigenvalue weighted by Crippen LogP contribution is -2.36. The molecule has 0 spiro atoms. The normalized spacial score (nSPS) is 15.6. The van der Waals surface area contributed by atoms with Crippen LogP contribution in [0, 0.1) is 0 Å². The van der Waals surface area contributed by atoms with Crippen LogP contribution < -0.4 is 10.2 Å². The van der Waals surface area contributed by atoms with Gasteiger partial charge in [0, 0.05) is 18.8 Å². The first-order chi connectivity index (χ1) is 8.33. The lowest BCUT2D eigenvalue weighted by Gasteiger charge is -2.22. The van der Waals surface area contributed by atoms with Gasteiger partial charge in [0.2, 0.25) is 5.91 Å². The second-order valence-electron chi connectivity index (χ2n) is 4.12. The third-order valence-electron chi connectivity index (χ3n) is 2.91. The molecule has 4 heteroatoms. The third kappa shape index (κ3) is 3.01. The number of hydrogen-bond acceptors (Lipinski definition) is 3. The Labute approximate surface area is 107 Å². The highest BCUT2D eigenvalue weighted by molar-refractivity contribution is 7.98. The highest BCUT2D eigenvalue weighted by Crippen LogP contribution is 2.22. The van der Waals surface area contributed by atoms with Crippen molar-refractivity contribution >= 4 is 23.4 Å². The summed E-state index contributed by atoms with van der Waals surface area (Å²) >= 11 is 1.82. The van der Waals surface area contributed by atoms with Gasteiger partial charge in [-0.2, -0.15) is 11.8 Å². The molecule has 0 saturated carbocycles. The van der Waals surface area contributed by atoms with E-state index in [4.69, 9.17) is 0 Å². The Balaban J connectivity index is 2.18. The lowest BCUT2D eigenvalue weighted by molar-refractivity contribution is -0.117. The Kier molecular flexibility index (Phi) is 4.45. The maximum absolute atomic E-state index is 12.0. The monoisotopic (exact) mass is 250 g/mol. The maximum atomic E-state index is 12.0. The van der Waals surface area contributed by atoms with Gasteiger partial charge < -0.3 is 10.2 Å². The predicted octanol–water partition coefficient (Wildman–Crippen LogP) is 1.88. The molecule has 1 aromatic rings. The number of rotatable bonds is 4. The van der Waals surface area contributed by atoms with Gasteiger partial charge in [-0.25, -0.2) is 0 Å². The number of carbonyl (C=O) groups excluding carboxylic acids is 1. The molecule has 0 bridgehead atoms. The molecule has 0 unspecified atom stereocenters. The van der Waals surface area contributed by atoms with Gasteiger partial charge in [-0.1, -0.05) is 18.2 Å². The Hall–Kier alpha value is -1.00. The average molecular weight is 250 g/mol. The Morgan fingerprint density at radius 2 is 2.18 bits per heavy atom. The number of anilines is 1. The number of para-hydroxylation sites is 1. The van der Waals surface area contributed by atoms with Crippen molar-refractivity contribution in [3.8, 4) is 0 Å². The van der Waals surface area contributed by atoms with Crippen molar-refractivity contribution < 1.29 is 4.79 Å². The number of amides is 1. The summed E-state index contributed by atoms with van der Waals surface area (Å²) in [6, 6.07) is 8.15. The molecule has 1 N–H and O–H groups in total. The fourth-order valence-electron chi connectivity index (χ4n) is 2.07.